The first-order chi connectivity index (χ1) is 10.2. The summed E-state index contributed by atoms with van der Waals surface area (Å²) in [5.41, 5.74) is 2.55. The third-order valence-electron chi connectivity index (χ3n) is 3.37. The maximum Gasteiger partial charge on any atom is 0.0925 e. The second kappa shape index (κ2) is 8.57. The molecule has 2 aromatic rings. The third kappa shape index (κ3) is 5.13. The first kappa shape index (κ1) is 16.5. The largest absolute Gasteiger partial charge is 0.310 e. The number of hydrogen-bond acceptors (Lipinski definition) is 4. The molecule has 21 heavy (non-hydrogen) atoms. The van der Waals surface area contributed by atoms with Crippen molar-refractivity contribution in [1.29, 1.82) is 0 Å². The second-order valence-electron chi connectivity index (χ2n) is 5.12. The Morgan fingerprint density at radius 1 is 1.24 bits per heavy atom. The number of aryl methyl sites for hydroxylation is 1. The lowest BCUT2D eigenvalue weighted by Crippen LogP contribution is -2.19. The van der Waals surface area contributed by atoms with Crippen molar-refractivity contribution >= 4 is 23.1 Å². The summed E-state index contributed by atoms with van der Waals surface area (Å²) in [4.78, 5) is 5.92. The minimum absolute atomic E-state index is 0.426. The monoisotopic (exact) mass is 320 g/mol. The van der Waals surface area contributed by atoms with E-state index in [2.05, 4.69) is 60.7 Å². The van der Waals surface area contributed by atoms with Crippen LogP contribution in [0.15, 0.2) is 34.5 Å². The van der Waals surface area contributed by atoms with Gasteiger partial charge in [-0.3, -0.25) is 0 Å². The van der Waals surface area contributed by atoms with Crippen LogP contribution in [0, 0.1) is 0 Å². The van der Waals surface area contributed by atoms with Crippen molar-refractivity contribution in [3.63, 3.8) is 0 Å². The molecule has 0 spiro atoms. The van der Waals surface area contributed by atoms with Crippen LogP contribution in [0.2, 0.25) is 0 Å². The van der Waals surface area contributed by atoms with Crippen LogP contribution in [0.4, 0.5) is 0 Å². The molecule has 0 aliphatic heterocycles. The molecule has 0 saturated heterocycles. The highest BCUT2D eigenvalue weighted by atomic mass is 32.2. The summed E-state index contributed by atoms with van der Waals surface area (Å²) in [6.45, 7) is 7.64. The smallest absolute Gasteiger partial charge is 0.0925 e. The highest BCUT2D eigenvalue weighted by molar-refractivity contribution is 7.98. The summed E-state index contributed by atoms with van der Waals surface area (Å²) in [6, 6.07) is 9.33. The van der Waals surface area contributed by atoms with Gasteiger partial charge in [0.15, 0.2) is 0 Å². The summed E-state index contributed by atoms with van der Waals surface area (Å²) in [6.07, 6.45) is 2.21. The van der Waals surface area contributed by atoms with Gasteiger partial charge in [-0.2, -0.15) is 0 Å². The number of thioether (sulfide) groups is 1. The molecule has 0 amide bonds. The fourth-order valence-corrected chi connectivity index (χ4v) is 3.71. The molecular weight excluding hydrogens is 296 g/mol. The number of aromatic nitrogens is 1. The van der Waals surface area contributed by atoms with Crippen LogP contribution < -0.4 is 5.32 Å². The van der Waals surface area contributed by atoms with Crippen LogP contribution in [0.3, 0.4) is 0 Å². The number of benzene rings is 1. The summed E-state index contributed by atoms with van der Waals surface area (Å²) < 4.78 is 0. The minimum atomic E-state index is 0.426. The summed E-state index contributed by atoms with van der Waals surface area (Å²) in [5, 5.41) is 6.93. The SMILES string of the molecule is CCCNC(C)c1ccc(SCc2csc(CC)n2)cc1. The zero-order chi connectivity index (χ0) is 15.1. The van der Waals surface area contributed by atoms with Crippen molar-refractivity contribution in [2.75, 3.05) is 6.54 Å². The van der Waals surface area contributed by atoms with Crippen LogP contribution in [-0.2, 0) is 12.2 Å². The maximum absolute atomic E-state index is 4.61. The molecule has 4 heteroatoms. The number of nitrogens with one attached hydrogen (secondary N) is 1. The summed E-state index contributed by atoms with van der Waals surface area (Å²) in [7, 11) is 0. The average Bonchev–Trinajstić information content (AvgIpc) is 2.99. The molecule has 2 nitrogen and oxygen atoms in total. The van der Waals surface area contributed by atoms with Crippen molar-refractivity contribution in [3.8, 4) is 0 Å². The normalized spacial score (nSPS) is 12.5. The van der Waals surface area contributed by atoms with E-state index in [4.69, 9.17) is 0 Å². The first-order valence-corrected chi connectivity index (χ1v) is 9.48. The quantitative estimate of drug-likeness (QED) is 0.688. The van der Waals surface area contributed by atoms with Crippen LogP contribution in [-0.4, -0.2) is 11.5 Å². The zero-order valence-electron chi connectivity index (χ0n) is 13.1. The van der Waals surface area contributed by atoms with E-state index in [-0.39, 0.29) is 0 Å². The Morgan fingerprint density at radius 2 is 2.00 bits per heavy atom. The van der Waals surface area contributed by atoms with Crippen molar-refractivity contribution in [2.45, 2.75) is 50.3 Å². The van der Waals surface area contributed by atoms with Gasteiger partial charge in [-0.15, -0.1) is 23.1 Å². The van der Waals surface area contributed by atoms with Crippen molar-refractivity contribution < 1.29 is 0 Å². The molecule has 1 N–H and O–H groups in total. The summed E-state index contributed by atoms with van der Waals surface area (Å²) >= 11 is 3.63. The van der Waals surface area contributed by atoms with Gasteiger partial charge in [-0.05, 0) is 44.0 Å². The Kier molecular flexibility index (Phi) is 6.74. The molecular formula is C17H24N2S2. The van der Waals surface area contributed by atoms with Gasteiger partial charge in [0.1, 0.15) is 0 Å². The lowest BCUT2D eigenvalue weighted by molar-refractivity contribution is 0.570. The molecule has 1 aromatic heterocycles. The van der Waals surface area contributed by atoms with Gasteiger partial charge in [0.05, 0.1) is 10.7 Å². The Balaban J connectivity index is 1.87. The van der Waals surface area contributed by atoms with Gasteiger partial charge in [0.2, 0.25) is 0 Å². The molecule has 114 valence electrons. The second-order valence-corrected chi connectivity index (χ2v) is 7.11. The Labute approximate surface area is 136 Å². The van der Waals surface area contributed by atoms with E-state index in [1.54, 1.807) is 11.3 Å². The predicted octanol–water partition coefficient (Wildman–Crippen LogP) is 5.06. The predicted molar refractivity (Wildman–Crippen MR) is 94.2 cm³/mol. The van der Waals surface area contributed by atoms with Crippen LogP contribution in [0.1, 0.15) is 49.5 Å². The van der Waals surface area contributed by atoms with E-state index in [0.717, 1.165) is 18.7 Å². The van der Waals surface area contributed by atoms with Gasteiger partial charge in [-0.1, -0.05) is 26.0 Å². The highest BCUT2D eigenvalue weighted by Crippen LogP contribution is 2.25. The Morgan fingerprint density at radius 3 is 2.62 bits per heavy atom. The Hall–Kier alpha value is -0.840. The van der Waals surface area contributed by atoms with E-state index >= 15 is 0 Å². The molecule has 1 unspecified atom stereocenters. The van der Waals surface area contributed by atoms with E-state index in [9.17, 15) is 0 Å². The number of hydrogen-bond donors (Lipinski definition) is 1. The zero-order valence-corrected chi connectivity index (χ0v) is 14.7. The fraction of sp³-hybridized carbons (Fsp3) is 0.471. The van der Waals surface area contributed by atoms with E-state index < -0.39 is 0 Å². The van der Waals surface area contributed by atoms with Crippen molar-refractivity contribution in [1.82, 2.24) is 10.3 Å². The van der Waals surface area contributed by atoms with Crippen LogP contribution >= 0.6 is 23.1 Å². The molecule has 1 heterocycles. The lowest BCUT2D eigenvalue weighted by atomic mass is 10.1. The van der Waals surface area contributed by atoms with Crippen molar-refractivity contribution in [2.24, 2.45) is 0 Å². The van der Waals surface area contributed by atoms with Gasteiger partial charge in [0, 0.05) is 22.1 Å². The minimum Gasteiger partial charge on any atom is -0.310 e. The molecule has 0 bridgehead atoms. The lowest BCUT2D eigenvalue weighted by Gasteiger charge is -2.13. The van der Waals surface area contributed by atoms with Crippen LogP contribution in [0.25, 0.3) is 0 Å². The van der Waals surface area contributed by atoms with Crippen molar-refractivity contribution in [3.05, 3.63) is 45.9 Å². The molecule has 0 saturated carbocycles. The maximum atomic E-state index is 4.61. The first-order valence-electron chi connectivity index (χ1n) is 7.62. The van der Waals surface area contributed by atoms with E-state index in [1.807, 2.05) is 11.8 Å². The molecule has 0 radical (unpaired) electrons. The van der Waals surface area contributed by atoms with Crippen LogP contribution in [0.5, 0.6) is 0 Å². The van der Waals surface area contributed by atoms with Gasteiger partial charge < -0.3 is 5.32 Å². The molecule has 1 atom stereocenters. The summed E-state index contributed by atoms with van der Waals surface area (Å²) in [5.74, 6) is 0.958. The number of rotatable bonds is 8. The molecule has 0 aliphatic carbocycles. The molecule has 2 rings (SSSR count). The molecule has 0 fully saturated rings. The van der Waals surface area contributed by atoms with E-state index in [0.29, 0.717) is 6.04 Å². The van der Waals surface area contributed by atoms with Gasteiger partial charge >= 0.3 is 0 Å². The fourth-order valence-electron chi connectivity index (χ4n) is 2.07. The van der Waals surface area contributed by atoms with Gasteiger partial charge in [-0.25, -0.2) is 4.98 Å². The third-order valence-corrected chi connectivity index (χ3v) is 5.46. The Bertz CT molecular complexity index is 534. The topological polar surface area (TPSA) is 24.9 Å². The average molecular weight is 321 g/mol. The highest BCUT2D eigenvalue weighted by Gasteiger charge is 2.05. The standard InChI is InChI=1S/C17H24N2S2/c1-4-10-18-13(3)14-6-8-16(9-7-14)20-11-15-12-21-17(5-2)19-15/h6-9,12-13,18H,4-5,10-11H2,1-3H3. The molecule has 1 aromatic carbocycles. The van der Waals surface area contributed by atoms with Gasteiger partial charge in [0.25, 0.3) is 0 Å². The van der Waals surface area contributed by atoms with E-state index in [1.165, 1.54) is 27.6 Å². The number of nitrogens with zero attached hydrogens (tertiary/aromatic N) is 1. The molecule has 0 aliphatic rings. The number of thiazole rings is 1.